The molecule has 1 aromatic rings. The van der Waals surface area contributed by atoms with Crippen LogP contribution in [-0.2, 0) is 6.54 Å². The molecule has 0 aromatic heterocycles. The van der Waals surface area contributed by atoms with Crippen LogP contribution in [0.25, 0.3) is 0 Å². The molecule has 0 heterocycles. The smallest absolute Gasteiger partial charge is 0.124 e. The van der Waals surface area contributed by atoms with Crippen LogP contribution in [0.5, 0.6) is 0 Å². The molecule has 1 N–H and O–H groups in total. The average molecular weight is 304 g/mol. The molecule has 1 nitrogen and oxygen atoms in total. The standard InChI is InChI=1S/C12H15BrFNS/c1-2-6-16-7-5-15-9-10-3-4-11(14)8-12(10)13/h2-4,8,15H,1,5-7,9H2. The van der Waals surface area contributed by atoms with E-state index in [1.165, 1.54) is 12.1 Å². The molecule has 0 saturated carbocycles. The molecule has 0 atom stereocenters. The van der Waals surface area contributed by atoms with Gasteiger partial charge in [0.1, 0.15) is 5.82 Å². The van der Waals surface area contributed by atoms with Crippen LogP contribution in [0.2, 0.25) is 0 Å². The van der Waals surface area contributed by atoms with Gasteiger partial charge >= 0.3 is 0 Å². The van der Waals surface area contributed by atoms with Crippen LogP contribution in [-0.4, -0.2) is 18.1 Å². The van der Waals surface area contributed by atoms with E-state index < -0.39 is 0 Å². The van der Waals surface area contributed by atoms with Crippen molar-refractivity contribution in [2.75, 3.05) is 18.1 Å². The van der Waals surface area contributed by atoms with E-state index in [2.05, 4.69) is 27.8 Å². The number of benzene rings is 1. The Kier molecular flexibility index (Phi) is 6.76. The third-order valence-corrected chi connectivity index (χ3v) is 3.69. The van der Waals surface area contributed by atoms with Gasteiger partial charge in [-0.3, -0.25) is 0 Å². The van der Waals surface area contributed by atoms with Gasteiger partial charge in [-0.2, -0.15) is 11.8 Å². The first-order valence-electron chi connectivity index (χ1n) is 5.07. The zero-order valence-corrected chi connectivity index (χ0v) is 11.4. The molecule has 0 unspecified atom stereocenters. The Labute approximate surface area is 109 Å². The van der Waals surface area contributed by atoms with Gasteiger partial charge in [0.2, 0.25) is 0 Å². The first-order chi connectivity index (χ1) is 7.74. The minimum Gasteiger partial charge on any atom is -0.312 e. The highest BCUT2D eigenvalue weighted by Gasteiger charge is 2.00. The largest absolute Gasteiger partial charge is 0.312 e. The van der Waals surface area contributed by atoms with E-state index in [0.717, 1.165) is 34.6 Å². The monoisotopic (exact) mass is 303 g/mol. The second-order valence-electron chi connectivity index (χ2n) is 3.28. The van der Waals surface area contributed by atoms with Crippen molar-refractivity contribution in [2.45, 2.75) is 6.54 Å². The Morgan fingerprint density at radius 1 is 1.50 bits per heavy atom. The lowest BCUT2D eigenvalue weighted by Gasteiger charge is -2.06. The molecule has 0 aliphatic rings. The molecule has 1 rings (SSSR count). The third-order valence-electron chi connectivity index (χ3n) is 1.99. The summed E-state index contributed by atoms with van der Waals surface area (Å²) in [7, 11) is 0. The second kappa shape index (κ2) is 7.87. The van der Waals surface area contributed by atoms with E-state index in [4.69, 9.17) is 0 Å². The van der Waals surface area contributed by atoms with Gasteiger partial charge in [0.15, 0.2) is 0 Å². The van der Waals surface area contributed by atoms with Crippen LogP contribution in [0.15, 0.2) is 35.3 Å². The Bertz CT molecular complexity index is 344. The van der Waals surface area contributed by atoms with E-state index in [1.54, 1.807) is 6.07 Å². The number of halogens is 2. The zero-order valence-electron chi connectivity index (χ0n) is 9.01. The SMILES string of the molecule is C=CCSCCNCc1ccc(F)cc1Br. The van der Waals surface area contributed by atoms with E-state index in [1.807, 2.05) is 17.8 Å². The van der Waals surface area contributed by atoms with E-state index in [9.17, 15) is 4.39 Å². The minimum absolute atomic E-state index is 0.211. The molecule has 1 aromatic carbocycles. The fourth-order valence-electron chi connectivity index (χ4n) is 1.20. The lowest BCUT2D eigenvalue weighted by atomic mass is 10.2. The van der Waals surface area contributed by atoms with Gasteiger partial charge in [-0.1, -0.05) is 28.1 Å². The molecule has 0 fully saturated rings. The van der Waals surface area contributed by atoms with Crippen molar-refractivity contribution in [3.63, 3.8) is 0 Å². The Balaban J connectivity index is 2.24. The Morgan fingerprint density at radius 2 is 2.31 bits per heavy atom. The Hall–Kier alpha value is -0.320. The molecule has 0 aliphatic carbocycles. The van der Waals surface area contributed by atoms with E-state index in [-0.39, 0.29) is 5.82 Å². The molecule has 4 heteroatoms. The predicted molar refractivity (Wildman–Crippen MR) is 73.3 cm³/mol. The average Bonchev–Trinajstić information content (AvgIpc) is 2.26. The van der Waals surface area contributed by atoms with Crippen molar-refractivity contribution in [1.29, 1.82) is 0 Å². The summed E-state index contributed by atoms with van der Waals surface area (Å²) in [5.41, 5.74) is 1.08. The van der Waals surface area contributed by atoms with Crippen molar-refractivity contribution in [1.82, 2.24) is 5.32 Å². The summed E-state index contributed by atoms with van der Waals surface area (Å²) in [5.74, 6) is 1.84. The molecule has 0 spiro atoms. The van der Waals surface area contributed by atoms with Gasteiger partial charge in [0.25, 0.3) is 0 Å². The van der Waals surface area contributed by atoms with Crippen LogP contribution in [0, 0.1) is 5.82 Å². The number of thioether (sulfide) groups is 1. The summed E-state index contributed by atoms with van der Waals surface area (Å²) in [6.45, 7) is 5.37. The van der Waals surface area contributed by atoms with Gasteiger partial charge < -0.3 is 5.32 Å². The molecular formula is C12H15BrFNS. The van der Waals surface area contributed by atoms with Crippen LogP contribution >= 0.6 is 27.7 Å². The molecular weight excluding hydrogens is 289 g/mol. The maximum absolute atomic E-state index is 12.8. The topological polar surface area (TPSA) is 12.0 Å². The fraction of sp³-hybridized carbons (Fsp3) is 0.333. The Morgan fingerprint density at radius 3 is 3.00 bits per heavy atom. The molecule has 0 radical (unpaired) electrons. The highest BCUT2D eigenvalue weighted by atomic mass is 79.9. The molecule has 0 saturated heterocycles. The summed E-state index contributed by atoms with van der Waals surface area (Å²) in [6, 6.07) is 4.76. The summed E-state index contributed by atoms with van der Waals surface area (Å²) >= 11 is 5.19. The van der Waals surface area contributed by atoms with E-state index in [0.29, 0.717) is 0 Å². The highest BCUT2D eigenvalue weighted by molar-refractivity contribution is 9.10. The first-order valence-corrected chi connectivity index (χ1v) is 7.02. The lowest BCUT2D eigenvalue weighted by Crippen LogP contribution is -2.16. The van der Waals surface area contributed by atoms with E-state index >= 15 is 0 Å². The predicted octanol–water partition coefficient (Wildman–Crippen LogP) is 3.60. The van der Waals surface area contributed by atoms with Gasteiger partial charge in [-0.25, -0.2) is 4.39 Å². The van der Waals surface area contributed by atoms with Crippen molar-refractivity contribution in [3.8, 4) is 0 Å². The maximum atomic E-state index is 12.8. The minimum atomic E-state index is -0.211. The van der Waals surface area contributed by atoms with Crippen molar-refractivity contribution in [2.24, 2.45) is 0 Å². The molecule has 0 amide bonds. The lowest BCUT2D eigenvalue weighted by molar-refractivity contribution is 0.624. The molecule has 0 bridgehead atoms. The second-order valence-corrected chi connectivity index (χ2v) is 5.28. The fourth-order valence-corrected chi connectivity index (χ4v) is 2.31. The third kappa shape index (κ3) is 5.14. The number of hydrogen-bond acceptors (Lipinski definition) is 2. The van der Waals surface area contributed by atoms with Gasteiger partial charge in [-0.05, 0) is 17.7 Å². The number of hydrogen-bond donors (Lipinski definition) is 1. The number of nitrogens with one attached hydrogen (secondary N) is 1. The maximum Gasteiger partial charge on any atom is 0.124 e. The van der Waals surface area contributed by atoms with Crippen LogP contribution in [0.1, 0.15) is 5.56 Å². The van der Waals surface area contributed by atoms with Crippen molar-refractivity contribution < 1.29 is 4.39 Å². The van der Waals surface area contributed by atoms with Crippen LogP contribution < -0.4 is 5.32 Å². The highest BCUT2D eigenvalue weighted by Crippen LogP contribution is 2.17. The number of rotatable bonds is 7. The van der Waals surface area contributed by atoms with Gasteiger partial charge in [0.05, 0.1) is 0 Å². The normalized spacial score (nSPS) is 10.4. The summed E-state index contributed by atoms with van der Waals surface area (Å²) < 4.78 is 13.6. The van der Waals surface area contributed by atoms with Crippen LogP contribution in [0.4, 0.5) is 4.39 Å². The zero-order chi connectivity index (χ0) is 11.8. The quantitative estimate of drug-likeness (QED) is 0.610. The summed E-state index contributed by atoms with van der Waals surface area (Å²) in [5, 5.41) is 3.31. The summed E-state index contributed by atoms with van der Waals surface area (Å²) in [4.78, 5) is 0. The van der Waals surface area contributed by atoms with Crippen molar-refractivity contribution in [3.05, 3.63) is 46.7 Å². The summed E-state index contributed by atoms with van der Waals surface area (Å²) in [6.07, 6.45) is 1.90. The first kappa shape index (κ1) is 13.7. The van der Waals surface area contributed by atoms with Crippen LogP contribution in [0.3, 0.4) is 0 Å². The van der Waals surface area contributed by atoms with Gasteiger partial charge in [-0.15, -0.1) is 6.58 Å². The molecule has 0 aliphatic heterocycles. The van der Waals surface area contributed by atoms with Gasteiger partial charge in [0, 0.05) is 29.1 Å². The van der Waals surface area contributed by atoms with Crippen molar-refractivity contribution >= 4 is 27.7 Å². The molecule has 88 valence electrons. The molecule has 16 heavy (non-hydrogen) atoms.